The number of ether oxygens (including phenoxy) is 2. The van der Waals surface area contributed by atoms with E-state index in [2.05, 4.69) is 20.3 Å². The van der Waals surface area contributed by atoms with Crippen LogP contribution in [-0.2, 0) is 0 Å². The van der Waals surface area contributed by atoms with E-state index in [4.69, 9.17) is 14.5 Å². The second-order valence-corrected chi connectivity index (χ2v) is 6.57. The van der Waals surface area contributed by atoms with Crippen LogP contribution in [0.25, 0.3) is 33.0 Å². The number of hydrogen-bond acceptors (Lipinski definition) is 8. The van der Waals surface area contributed by atoms with E-state index in [-0.39, 0.29) is 0 Å². The molecule has 0 saturated carbocycles. The van der Waals surface area contributed by atoms with Gasteiger partial charge in [-0.2, -0.15) is 4.98 Å². The van der Waals surface area contributed by atoms with Gasteiger partial charge in [0, 0.05) is 12.6 Å². The highest BCUT2D eigenvalue weighted by Crippen LogP contribution is 2.33. The monoisotopic (exact) mass is 379 g/mol. The van der Waals surface area contributed by atoms with Gasteiger partial charge in [-0.15, -0.1) is 11.3 Å². The first-order valence-corrected chi connectivity index (χ1v) is 9.10. The van der Waals surface area contributed by atoms with Crippen LogP contribution < -0.4 is 14.8 Å². The molecule has 3 heterocycles. The van der Waals surface area contributed by atoms with Crippen LogP contribution in [0.1, 0.15) is 0 Å². The Bertz CT molecular complexity index is 1100. The maximum Gasteiger partial charge on any atom is 0.225 e. The molecule has 0 atom stereocenters. The summed E-state index contributed by atoms with van der Waals surface area (Å²) in [5.74, 6) is 1.81. The molecule has 0 radical (unpaired) electrons. The van der Waals surface area contributed by atoms with Crippen LogP contribution in [0.4, 0.5) is 5.95 Å². The number of nitrogens with one attached hydrogen (secondary N) is 1. The lowest BCUT2D eigenvalue weighted by Crippen LogP contribution is -2.02. The van der Waals surface area contributed by atoms with Gasteiger partial charge in [0.25, 0.3) is 0 Å². The average molecular weight is 379 g/mol. The zero-order chi connectivity index (χ0) is 18.8. The van der Waals surface area contributed by atoms with Gasteiger partial charge in [-0.05, 0) is 29.6 Å². The molecule has 0 unspecified atom stereocenters. The molecule has 0 saturated heterocycles. The molecule has 0 aliphatic heterocycles. The van der Waals surface area contributed by atoms with Crippen molar-refractivity contribution in [2.24, 2.45) is 0 Å². The number of hydrogen-bond donors (Lipinski definition) is 1. The molecular weight excluding hydrogens is 362 g/mol. The summed E-state index contributed by atoms with van der Waals surface area (Å²) in [6.45, 7) is 0. The molecular formula is C19H17N5O2S. The summed E-state index contributed by atoms with van der Waals surface area (Å²) in [5.41, 5.74) is 3.54. The van der Waals surface area contributed by atoms with Crippen LogP contribution in [0.5, 0.6) is 11.5 Å². The lowest BCUT2D eigenvalue weighted by Gasteiger charge is -2.10. The number of benzene rings is 1. The first-order chi connectivity index (χ1) is 13.2. The molecule has 4 rings (SSSR count). The highest BCUT2D eigenvalue weighted by Gasteiger charge is 2.15. The third-order valence-corrected chi connectivity index (χ3v) is 4.94. The van der Waals surface area contributed by atoms with Gasteiger partial charge in [0.15, 0.2) is 17.1 Å². The Morgan fingerprint density at radius 3 is 2.56 bits per heavy atom. The summed E-state index contributed by atoms with van der Waals surface area (Å²) < 4.78 is 10.7. The normalized spacial score (nSPS) is 10.8. The summed E-state index contributed by atoms with van der Waals surface area (Å²) >= 11 is 1.60. The molecule has 0 aliphatic rings. The Balaban J connectivity index is 1.90. The minimum Gasteiger partial charge on any atom is -0.493 e. The summed E-state index contributed by atoms with van der Waals surface area (Å²) in [5, 5.41) is 4.99. The van der Waals surface area contributed by atoms with Gasteiger partial charge in [0.1, 0.15) is 11.2 Å². The van der Waals surface area contributed by atoms with Crippen molar-refractivity contribution in [3.8, 4) is 33.3 Å². The van der Waals surface area contributed by atoms with Crippen LogP contribution in [0, 0.1) is 0 Å². The highest BCUT2D eigenvalue weighted by molar-refractivity contribution is 7.13. The fourth-order valence-electron chi connectivity index (χ4n) is 2.74. The number of methoxy groups -OCH3 is 2. The molecule has 4 aromatic rings. The van der Waals surface area contributed by atoms with Crippen LogP contribution >= 0.6 is 11.3 Å². The van der Waals surface area contributed by atoms with Gasteiger partial charge in [0.2, 0.25) is 5.95 Å². The molecule has 3 aromatic heterocycles. The summed E-state index contributed by atoms with van der Waals surface area (Å²) in [6.07, 6.45) is 1.70. The lowest BCUT2D eigenvalue weighted by molar-refractivity contribution is 0.355. The number of nitrogens with zero attached hydrogens (tertiary/aromatic N) is 4. The van der Waals surface area contributed by atoms with Gasteiger partial charge in [0.05, 0.1) is 31.0 Å². The van der Waals surface area contributed by atoms with E-state index in [0.717, 1.165) is 16.1 Å². The van der Waals surface area contributed by atoms with Gasteiger partial charge in [-0.1, -0.05) is 6.07 Å². The number of fused-ring (bicyclic) bond motifs is 1. The molecule has 0 aliphatic carbocycles. The summed E-state index contributed by atoms with van der Waals surface area (Å²) in [7, 11) is 5.00. The largest absolute Gasteiger partial charge is 0.493 e. The fourth-order valence-corrected chi connectivity index (χ4v) is 3.45. The summed E-state index contributed by atoms with van der Waals surface area (Å²) in [6, 6.07) is 9.64. The van der Waals surface area contributed by atoms with E-state index in [1.165, 1.54) is 0 Å². The smallest absolute Gasteiger partial charge is 0.225 e. The molecule has 0 amide bonds. The van der Waals surface area contributed by atoms with E-state index in [9.17, 15) is 0 Å². The number of anilines is 1. The zero-order valence-electron chi connectivity index (χ0n) is 15.1. The van der Waals surface area contributed by atoms with Gasteiger partial charge < -0.3 is 14.8 Å². The molecule has 8 heteroatoms. The molecule has 0 bridgehead atoms. The van der Waals surface area contributed by atoms with E-state index in [1.54, 1.807) is 38.8 Å². The van der Waals surface area contributed by atoms with Crippen molar-refractivity contribution in [2.75, 3.05) is 26.6 Å². The highest BCUT2D eigenvalue weighted by atomic mass is 32.1. The Morgan fingerprint density at radius 2 is 1.85 bits per heavy atom. The van der Waals surface area contributed by atoms with E-state index in [0.29, 0.717) is 34.3 Å². The van der Waals surface area contributed by atoms with Crippen molar-refractivity contribution >= 4 is 28.4 Å². The van der Waals surface area contributed by atoms with Crippen LogP contribution in [-0.4, -0.2) is 41.2 Å². The number of rotatable bonds is 5. The maximum atomic E-state index is 5.39. The van der Waals surface area contributed by atoms with Crippen molar-refractivity contribution in [1.29, 1.82) is 0 Å². The first-order valence-electron chi connectivity index (χ1n) is 8.22. The average Bonchev–Trinajstić information content (AvgIpc) is 3.26. The second kappa shape index (κ2) is 7.16. The number of thiophene rings is 1. The van der Waals surface area contributed by atoms with Crippen LogP contribution in [0.2, 0.25) is 0 Å². The maximum absolute atomic E-state index is 5.39. The van der Waals surface area contributed by atoms with Gasteiger partial charge in [-0.25, -0.2) is 15.0 Å². The standard InChI is InChI=1S/C19H17N5O2S/c1-20-19-23-16(15-5-4-8-27-15)17-18(24-19)21-10-12(22-17)11-6-7-13(25-2)14(9-11)26-3/h4-10H,1-3H3,(H,20,21,23,24). The number of aromatic nitrogens is 4. The molecule has 7 nitrogen and oxygen atoms in total. The second-order valence-electron chi connectivity index (χ2n) is 5.62. The van der Waals surface area contributed by atoms with Crippen LogP contribution in [0.15, 0.2) is 41.9 Å². The predicted molar refractivity (Wildman–Crippen MR) is 107 cm³/mol. The Labute approximate surface area is 160 Å². The van der Waals surface area contributed by atoms with Crippen molar-refractivity contribution < 1.29 is 9.47 Å². The van der Waals surface area contributed by atoms with Gasteiger partial charge in [-0.3, -0.25) is 0 Å². The molecule has 27 heavy (non-hydrogen) atoms. The SMILES string of the molecule is CNc1nc(-c2cccs2)c2nc(-c3ccc(OC)c(OC)c3)cnc2n1. The minimum atomic E-state index is 0.513. The van der Waals surface area contributed by atoms with Crippen molar-refractivity contribution in [3.05, 3.63) is 41.9 Å². The molecule has 1 N–H and O–H groups in total. The third-order valence-electron chi connectivity index (χ3n) is 4.06. The summed E-state index contributed by atoms with van der Waals surface area (Å²) in [4.78, 5) is 19.4. The minimum absolute atomic E-state index is 0.513. The first kappa shape index (κ1) is 17.2. The Hall–Kier alpha value is -3.26. The topological polar surface area (TPSA) is 82.1 Å². The Morgan fingerprint density at radius 1 is 1.00 bits per heavy atom. The molecule has 0 spiro atoms. The predicted octanol–water partition coefficient (Wildman–Crippen LogP) is 3.87. The quantitative estimate of drug-likeness (QED) is 0.563. The molecule has 1 aromatic carbocycles. The van der Waals surface area contributed by atoms with E-state index >= 15 is 0 Å². The zero-order valence-corrected chi connectivity index (χ0v) is 15.9. The molecule has 136 valence electrons. The lowest BCUT2D eigenvalue weighted by atomic mass is 10.1. The van der Waals surface area contributed by atoms with E-state index < -0.39 is 0 Å². The molecule has 0 fully saturated rings. The van der Waals surface area contributed by atoms with Crippen molar-refractivity contribution in [3.63, 3.8) is 0 Å². The van der Waals surface area contributed by atoms with Crippen molar-refractivity contribution in [1.82, 2.24) is 19.9 Å². The van der Waals surface area contributed by atoms with Crippen molar-refractivity contribution in [2.45, 2.75) is 0 Å². The Kier molecular flexibility index (Phi) is 4.55. The fraction of sp³-hybridized carbons (Fsp3) is 0.158. The third kappa shape index (κ3) is 3.15. The van der Waals surface area contributed by atoms with Gasteiger partial charge >= 0.3 is 0 Å². The van der Waals surface area contributed by atoms with E-state index in [1.807, 2.05) is 35.7 Å². The van der Waals surface area contributed by atoms with Crippen LogP contribution in [0.3, 0.4) is 0 Å².